The lowest BCUT2D eigenvalue weighted by Gasteiger charge is -2.12. The summed E-state index contributed by atoms with van der Waals surface area (Å²) in [7, 11) is 0. The molecule has 1 heterocycles. The highest BCUT2D eigenvalue weighted by molar-refractivity contribution is 6.04. The van der Waals surface area contributed by atoms with Crippen LogP contribution in [0.1, 0.15) is 28.4 Å². The highest BCUT2D eigenvalue weighted by Crippen LogP contribution is 2.14. The Morgan fingerprint density at radius 1 is 1.11 bits per heavy atom. The molecule has 0 atom stereocenters. The lowest BCUT2D eigenvalue weighted by molar-refractivity contribution is -0.125. The van der Waals surface area contributed by atoms with Gasteiger partial charge in [0.25, 0.3) is 5.91 Å². The number of rotatable bonds is 7. The lowest BCUT2D eigenvalue weighted by atomic mass is 10.1. The Balaban J connectivity index is 1.62. The molecule has 4 amide bonds. The lowest BCUT2D eigenvalue weighted by Crippen LogP contribution is -2.30. The first-order valence-electron chi connectivity index (χ1n) is 8.85. The Kier molecular flexibility index (Phi) is 5.83. The number of nitrogens with one attached hydrogen (secondary N) is 3. The van der Waals surface area contributed by atoms with E-state index in [1.165, 1.54) is 0 Å². The monoisotopic (exact) mass is 366 g/mol. The second-order valence-electron chi connectivity index (χ2n) is 6.27. The second-order valence-corrected chi connectivity index (χ2v) is 6.27. The van der Waals surface area contributed by atoms with Crippen molar-refractivity contribution in [3.63, 3.8) is 0 Å². The summed E-state index contributed by atoms with van der Waals surface area (Å²) in [5.74, 6) is -0.462. The number of nitrogens with zero attached hydrogens (tertiary/aromatic N) is 1. The summed E-state index contributed by atoms with van der Waals surface area (Å²) in [5, 5.41) is 8.62. The molecule has 7 nitrogen and oxygen atoms in total. The van der Waals surface area contributed by atoms with E-state index >= 15 is 0 Å². The van der Waals surface area contributed by atoms with E-state index in [1.54, 1.807) is 24.3 Å². The van der Waals surface area contributed by atoms with Crippen LogP contribution >= 0.6 is 0 Å². The van der Waals surface area contributed by atoms with E-state index in [0.29, 0.717) is 5.56 Å². The van der Waals surface area contributed by atoms with Crippen molar-refractivity contribution in [2.24, 2.45) is 0 Å². The Bertz CT molecular complexity index is 833. The van der Waals surface area contributed by atoms with Gasteiger partial charge in [-0.15, -0.1) is 0 Å². The molecular weight excluding hydrogens is 344 g/mol. The molecule has 0 saturated carbocycles. The normalized spacial score (nSPS) is 13.6. The summed E-state index contributed by atoms with van der Waals surface area (Å²) in [5.41, 5.74) is 3.12. The maximum absolute atomic E-state index is 12.4. The van der Waals surface area contributed by atoms with Crippen molar-refractivity contribution in [2.45, 2.75) is 20.0 Å². The van der Waals surface area contributed by atoms with E-state index in [0.717, 1.165) is 34.8 Å². The number of carbonyl (C=O) groups excluding carboxylic acids is 3. The second kappa shape index (κ2) is 8.46. The first-order valence-corrected chi connectivity index (χ1v) is 8.85. The quantitative estimate of drug-likeness (QED) is 0.655. The van der Waals surface area contributed by atoms with Crippen molar-refractivity contribution in [1.82, 2.24) is 15.5 Å². The van der Waals surface area contributed by atoms with E-state index in [9.17, 15) is 14.4 Å². The van der Waals surface area contributed by atoms with Gasteiger partial charge < -0.3 is 16.0 Å². The van der Waals surface area contributed by atoms with Gasteiger partial charge in [-0.3, -0.25) is 14.5 Å². The SMILES string of the molecule is CCNCc1cccc(NC(=O)c2ccc(CN3C(=O)CNC3=O)cc2)c1. The Hall–Kier alpha value is -3.19. The Morgan fingerprint density at radius 3 is 2.56 bits per heavy atom. The summed E-state index contributed by atoms with van der Waals surface area (Å²) in [4.78, 5) is 36.8. The van der Waals surface area contributed by atoms with E-state index in [-0.39, 0.29) is 30.9 Å². The molecule has 1 saturated heterocycles. The molecule has 1 fully saturated rings. The van der Waals surface area contributed by atoms with Gasteiger partial charge in [0.05, 0.1) is 13.1 Å². The summed E-state index contributed by atoms with van der Waals surface area (Å²) in [6, 6.07) is 14.2. The highest BCUT2D eigenvalue weighted by atomic mass is 16.2. The average molecular weight is 366 g/mol. The number of amides is 4. The van der Waals surface area contributed by atoms with Gasteiger partial charge in [0, 0.05) is 17.8 Å². The van der Waals surface area contributed by atoms with Gasteiger partial charge in [0.2, 0.25) is 5.91 Å². The summed E-state index contributed by atoms with van der Waals surface area (Å²) >= 11 is 0. The van der Waals surface area contributed by atoms with E-state index in [4.69, 9.17) is 0 Å². The fourth-order valence-corrected chi connectivity index (χ4v) is 2.79. The van der Waals surface area contributed by atoms with Crippen LogP contribution in [0.25, 0.3) is 0 Å². The predicted molar refractivity (Wildman–Crippen MR) is 102 cm³/mol. The third kappa shape index (κ3) is 4.71. The smallest absolute Gasteiger partial charge is 0.324 e. The van der Waals surface area contributed by atoms with Crippen LogP contribution < -0.4 is 16.0 Å². The van der Waals surface area contributed by atoms with Crippen LogP contribution in [0.4, 0.5) is 10.5 Å². The van der Waals surface area contributed by atoms with Crippen LogP contribution in [0.3, 0.4) is 0 Å². The fraction of sp³-hybridized carbons (Fsp3) is 0.250. The zero-order valence-corrected chi connectivity index (χ0v) is 15.1. The predicted octanol–water partition coefficient (Wildman–Crippen LogP) is 2.10. The highest BCUT2D eigenvalue weighted by Gasteiger charge is 2.28. The third-order valence-electron chi connectivity index (χ3n) is 4.26. The molecule has 0 aliphatic carbocycles. The fourth-order valence-electron chi connectivity index (χ4n) is 2.79. The molecule has 2 aromatic rings. The van der Waals surface area contributed by atoms with Gasteiger partial charge in [-0.25, -0.2) is 4.79 Å². The number of hydrogen-bond donors (Lipinski definition) is 3. The van der Waals surface area contributed by atoms with Gasteiger partial charge in [-0.05, 0) is 41.9 Å². The van der Waals surface area contributed by atoms with Crippen LogP contribution in [-0.2, 0) is 17.9 Å². The van der Waals surface area contributed by atoms with Crippen LogP contribution in [0.15, 0.2) is 48.5 Å². The van der Waals surface area contributed by atoms with Crippen molar-refractivity contribution in [2.75, 3.05) is 18.4 Å². The molecule has 7 heteroatoms. The molecule has 1 aliphatic heterocycles. The molecule has 0 radical (unpaired) electrons. The minimum absolute atomic E-state index is 0.0339. The Morgan fingerprint density at radius 2 is 1.89 bits per heavy atom. The van der Waals surface area contributed by atoms with E-state index in [1.807, 2.05) is 31.2 Å². The molecule has 27 heavy (non-hydrogen) atoms. The van der Waals surface area contributed by atoms with Crippen molar-refractivity contribution in [3.8, 4) is 0 Å². The molecule has 3 N–H and O–H groups in total. The van der Waals surface area contributed by atoms with E-state index < -0.39 is 0 Å². The van der Waals surface area contributed by atoms with Crippen LogP contribution in [0.5, 0.6) is 0 Å². The molecule has 0 aromatic heterocycles. The first-order chi connectivity index (χ1) is 13.1. The molecule has 0 bridgehead atoms. The Labute approximate surface area is 157 Å². The molecule has 2 aromatic carbocycles. The first kappa shape index (κ1) is 18.6. The zero-order chi connectivity index (χ0) is 19.2. The zero-order valence-electron chi connectivity index (χ0n) is 15.1. The third-order valence-corrected chi connectivity index (χ3v) is 4.26. The molecule has 0 spiro atoms. The topological polar surface area (TPSA) is 90.5 Å². The number of hydrogen-bond acceptors (Lipinski definition) is 4. The molecule has 0 unspecified atom stereocenters. The van der Waals surface area contributed by atoms with Gasteiger partial charge in [0.1, 0.15) is 0 Å². The number of urea groups is 1. The summed E-state index contributed by atoms with van der Waals surface area (Å²) in [6.45, 7) is 3.90. The van der Waals surface area contributed by atoms with Crippen LogP contribution in [0.2, 0.25) is 0 Å². The molecular formula is C20H22N4O3. The minimum Gasteiger partial charge on any atom is -0.329 e. The van der Waals surface area contributed by atoms with Crippen LogP contribution in [-0.4, -0.2) is 35.8 Å². The number of carbonyl (C=O) groups is 3. The van der Waals surface area contributed by atoms with E-state index in [2.05, 4.69) is 16.0 Å². The standard InChI is InChI=1S/C20H22N4O3/c1-2-21-11-15-4-3-5-17(10-15)23-19(26)16-8-6-14(7-9-16)13-24-18(25)12-22-20(24)27/h3-10,21H,2,11-13H2,1H3,(H,22,27)(H,23,26). The van der Waals surface area contributed by atoms with Crippen molar-refractivity contribution in [1.29, 1.82) is 0 Å². The summed E-state index contributed by atoms with van der Waals surface area (Å²) in [6.07, 6.45) is 0. The van der Waals surface area contributed by atoms with Gasteiger partial charge in [-0.2, -0.15) is 0 Å². The van der Waals surface area contributed by atoms with Gasteiger partial charge >= 0.3 is 6.03 Å². The maximum atomic E-state index is 12.4. The van der Waals surface area contributed by atoms with Crippen molar-refractivity contribution < 1.29 is 14.4 Å². The number of benzene rings is 2. The number of imide groups is 1. The maximum Gasteiger partial charge on any atom is 0.324 e. The summed E-state index contributed by atoms with van der Waals surface area (Å²) < 4.78 is 0. The average Bonchev–Trinajstić information content (AvgIpc) is 2.99. The van der Waals surface area contributed by atoms with Crippen molar-refractivity contribution >= 4 is 23.5 Å². The molecule has 1 aliphatic rings. The van der Waals surface area contributed by atoms with Crippen molar-refractivity contribution in [3.05, 3.63) is 65.2 Å². The molecule has 3 rings (SSSR count). The van der Waals surface area contributed by atoms with Crippen LogP contribution in [0, 0.1) is 0 Å². The molecule has 140 valence electrons. The van der Waals surface area contributed by atoms with Gasteiger partial charge in [-0.1, -0.05) is 31.2 Å². The minimum atomic E-state index is -0.390. The largest absolute Gasteiger partial charge is 0.329 e. The number of anilines is 1. The van der Waals surface area contributed by atoms with Gasteiger partial charge in [0.15, 0.2) is 0 Å².